The molecule has 0 unspecified atom stereocenters. The molecule has 4 nitrogen and oxygen atoms in total. The van der Waals surface area contributed by atoms with Crippen molar-refractivity contribution >= 4 is 5.97 Å². The molecule has 1 heterocycles. The highest BCUT2D eigenvalue weighted by molar-refractivity contribution is 5.90. The summed E-state index contributed by atoms with van der Waals surface area (Å²) in [7, 11) is 0. The number of aryl methyl sites for hydroxylation is 2. The van der Waals surface area contributed by atoms with Crippen LogP contribution in [0.5, 0.6) is 0 Å². The first-order chi connectivity index (χ1) is 9.60. The first-order valence-electron chi connectivity index (χ1n) is 7.00. The van der Waals surface area contributed by atoms with E-state index in [0.717, 1.165) is 23.4 Å². The Kier molecular flexibility index (Phi) is 4.23. The topological polar surface area (TPSA) is 55.1 Å². The number of nitrogens with zero attached hydrogens (tertiary/aromatic N) is 2. The summed E-state index contributed by atoms with van der Waals surface area (Å²) in [6.45, 7) is 6.01. The first-order valence-corrected chi connectivity index (χ1v) is 7.00. The van der Waals surface area contributed by atoms with Gasteiger partial charge in [-0.25, -0.2) is 9.48 Å². The van der Waals surface area contributed by atoms with Crippen molar-refractivity contribution in [3.05, 3.63) is 46.8 Å². The minimum atomic E-state index is -0.884. The van der Waals surface area contributed by atoms with Gasteiger partial charge in [0.2, 0.25) is 0 Å². The number of hydrogen-bond acceptors (Lipinski definition) is 2. The third kappa shape index (κ3) is 2.46. The highest BCUT2D eigenvalue weighted by Crippen LogP contribution is 2.22. The zero-order valence-electron chi connectivity index (χ0n) is 12.2. The van der Waals surface area contributed by atoms with Crippen LogP contribution in [0.3, 0.4) is 0 Å². The number of hydrogen-bond donors (Lipinski definition) is 1. The highest BCUT2D eigenvalue weighted by atomic mass is 16.4. The van der Waals surface area contributed by atoms with Crippen molar-refractivity contribution in [1.29, 1.82) is 0 Å². The quantitative estimate of drug-likeness (QED) is 0.907. The predicted octanol–water partition coefficient (Wildman–Crippen LogP) is 3.39. The molecule has 2 aromatic rings. The number of para-hydroxylation sites is 1. The Morgan fingerprint density at radius 2 is 2.00 bits per heavy atom. The summed E-state index contributed by atoms with van der Waals surface area (Å²) in [5.74, 6) is -0.884. The Labute approximate surface area is 119 Å². The molecule has 1 aromatic heterocycles. The largest absolute Gasteiger partial charge is 0.478 e. The van der Waals surface area contributed by atoms with Gasteiger partial charge in [-0.05, 0) is 31.4 Å². The average molecular weight is 272 g/mol. The molecule has 0 aliphatic heterocycles. The normalized spacial score (nSPS) is 10.8. The van der Waals surface area contributed by atoms with Gasteiger partial charge in [0, 0.05) is 0 Å². The number of carboxylic acids is 1. The van der Waals surface area contributed by atoms with Crippen molar-refractivity contribution in [2.24, 2.45) is 0 Å². The number of aromatic nitrogens is 2. The van der Waals surface area contributed by atoms with Crippen molar-refractivity contribution in [3.8, 4) is 5.69 Å². The van der Waals surface area contributed by atoms with Gasteiger partial charge in [-0.2, -0.15) is 5.10 Å². The molecule has 20 heavy (non-hydrogen) atoms. The van der Waals surface area contributed by atoms with E-state index in [1.807, 2.05) is 45.0 Å². The molecular formula is C16H20N2O2. The van der Waals surface area contributed by atoms with Crippen molar-refractivity contribution in [1.82, 2.24) is 9.78 Å². The van der Waals surface area contributed by atoms with Crippen LogP contribution in [-0.2, 0) is 12.8 Å². The van der Waals surface area contributed by atoms with Gasteiger partial charge in [-0.3, -0.25) is 0 Å². The number of aromatic carboxylic acids is 1. The molecule has 0 radical (unpaired) electrons. The Balaban J connectivity index is 2.68. The van der Waals surface area contributed by atoms with E-state index in [0.29, 0.717) is 24.1 Å². The third-order valence-electron chi connectivity index (χ3n) is 3.43. The summed E-state index contributed by atoms with van der Waals surface area (Å²) in [6, 6.07) is 7.90. The van der Waals surface area contributed by atoms with Crippen LogP contribution in [0.1, 0.15) is 47.6 Å². The summed E-state index contributed by atoms with van der Waals surface area (Å²) >= 11 is 0. The zero-order valence-corrected chi connectivity index (χ0v) is 12.2. The third-order valence-corrected chi connectivity index (χ3v) is 3.43. The van der Waals surface area contributed by atoms with E-state index in [9.17, 15) is 9.90 Å². The fraction of sp³-hybridized carbons (Fsp3) is 0.375. The van der Waals surface area contributed by atoms with Crippen LogP contribution in [0.15, 0.2) is 24.3 Å². The number of carbonyl (C=O) groups is 1. The molecule has 0 saturated heterocycles. The molecule has 0 amide bonds. The molecule has 1 N–H and O–H groups in total. The maximum absolute atomic E-state index is 11.6. The molecule has 0 saturated carbocycles. The lowest BCUT2D eigenvalue weighted by Crippen LogP contribution is -2.07. The number of rotatable bonds is 5. The molecule has 4 heteroatoms. The molecular weight excluding hydrogens is 252 g/mol. The van der Waals surface area contributed by atoms with Gasteiger partial charge in [0.15, 0.2) is 0 Å². The Bertz CT molecular complexity index is 629. The zero-order chi connectivity index (χ0) is 14.7. The van der Waals surface area contributed by atoms with Gasteiger partial charge >= 0.3 is 5.97 Å². The van der Waals surface area contributed by atoms with Crippen molar-refractivity contribution in [3.63, 3.8) is 0 Å². The summed E-state index contributed by atoms with van der Waals surface area (Å²) in [5, 5.41) is 14.0. The van der Waals surface area contributed by atoms with Gasteiger partial charge in [0.1, 0.15) is 5.56 Å². The summed E-state index contributed by atoms with van der Waals surface area (Å²) in [4.78, 5) is 11.6. The Hall–Kier alpha value is -2.10. The van der Waals surface area contributed by atoms with Gasteiger partial charge in [-0.15, -0.1) is 0 Å². The molecule has 0 atom stereocenters. The Morgan fingerprint density at radius 1 is 1.30 bits per heavy atom. The maximum atomic E-state index is 11.6. The van der Waals surface area contributed by atoms with Gasteiger partial charge in [0.25, 0.3) is 0 Å². The van der Waals surface area contributed by atoms with E-state index >= 15 is 0 Å². The van der Waals surface area contributed by atoms with Crippen LogP contribution in [0, 0.1) is 6.92 Å². The lowest BCUT2D eigenvalue weighted by atomic mass is 10.1. The van der Waals surface area contributed by atoms with Crippen molar-refractivity contribution in [2.45, 2.75) is 40.0 Å². The van der Waals surface area contributed by atoms with Crippen molar-refractivity contribution in [2.75, 3.05) is 0 Å². The second kappa shape index (κ2) is 5.90. The summed E-state index contributed by atoms with van der Waals surface area (Å²) < 4.78 is 1.80. The second-order valence-corrected chi connectivity index (χ2v) is 4.88. The predicted molar refractivity (Wildman–Crippen MR) is 78.6 cm³/mol. The molecule has 0 aliphatic rings. The summed E-state index contributed by atoms with van der Waals surface area (Å²) in [6.07, 6.45) is 2.22. The van der Waals surface area contributed by atoms with Crippen LogP contribution < -0.4 is 0 Å². The van der Waals surface area contributed by atoms with Crippen LogP contribution in [0.25, 0.3) is 5.69 Å². The van der Waals surface area contributed by atoms with E-state index in [1.165, 1.54) is 0 Å². The second-order valence-electron chi connectivity index (χ2n) is 4.88. The molecule has 2 rings (SSSR count). The van der Waals surface area contributed by atoms with Crippen LogP contribution in [0.4, 0.5) is 0 Å². The number of benzene rings is 1. The minimum absolute atomic E-state index is 0.373. The van der Waals surface area contributed by atoms with Crippen LogP contribution in [0.2, 0.25) is 0 Å². The fourth-order valence-electron chi connectivity index (χ4n) is 2.49. The van der Waals surface area contributed by atoms with Gasteiger partial charge in [-0.1, -0.05) is 38.5 Å². The monoisotopic (exact) mass is 272 g/mol. The standard InChI is InChI=1S/C16H20N2O2/c1-4-8-12-15(16(19)20)13(5-2)18(17-12)14-10-7-6-9-11(14)3/h6-7,9-10H,4-5,8H2,1-3H3,(H,19,20). The highest BCUT2D eigenvalue weighted by Gasteiger charge is 2.22. The van der Waals surface area contributed by atoms with Crippen molar-refractivity contribution < 1.29 is 9.90 Å². The summed E-state index contributed by atoms with van der Waals surface area (Å²) in [5.41, 5.74) is 3.87. The van der Waals surface area contributed by atoms with E-state index in [-0.39, 0.29) is 0 Å². The van der Waals surface area contributed by atoms with Gasteiger partial charge in [0.05, 0.1) is 17.1 Å². The van der Waals surface area contributed by atoms with E-state index in [4.69, 9.17) is 0 Å². The molecule has 0 fully saturated rings. The lowest BCUT2D eigenvalue weighted by molar-refractivity contribution is 0.0694. The van der Waals surface area contributed by atoms with E-state index in [1.54, 1.807) is 4.68 Å². The average Bonchev–Trinajstić information content (AvgIpc) is 2.78. The lowest BCUT2D eigenvalue weighted by Gasteiger charge is -2.09. The SMILES string of the molecule is CCCc1nn(-c2ccccc2C)c(CC)c1C(=O)O. The number of carboxylic acid groups (broad SMARTS) is 1. The minimum Gasteiger partial charge on any atom is -0.478 e. The van der Waals surface area contributed by atoms with Crippen LogP contribution in [-0.4, -0.2) is 20.9 Å². The maximum Gasteiger partial charge on any atom is 0.339 e. The van der Waals surface area contributed by atoms with Crippen LogP contribution >= 0.6 is 0 Å². The fourth-order valence-corrected chi connectivity index (χ4v) is 2.49. The van der Waals surface area contributed by atoms with Gasteiger partial charge < -0.3 is 5.11 Å². The molecule has 0 aliphatic carbocycles. The molecule has 0 bridgehead atoms. The Morgan fingerprint density at radius 3 is 2.55 bits per heavy atom. The van der Waals surface area contributed by atoms with E-state index < -0.39 is 5.97 Å². The molecule has 106 valence electrons. The molecule has 1 aromatic carbocycles. The van der Waals surface area contributed by atoms with E-state index in [2.05, 4.69) is 5.10 Å². The smallest absolute Gasteiger partial charge is 0.339 e. The molecule has 0 spiro atoms. The first kappa shape index (κ1) is 14.3.